The predicted molar refractivity (Wildman–Crippen MR) is 98.0 cm³/mol. The van der Waals surface area contributed by atoms with E-state index in [1.807, 2.05) is 27.7 Å². The Kier molecular flexibility index (Phi) is 5.25. The van der Waals surface area contributed by atoms with Crippen molar-refractivity contribution in [3.05, 3.63) is 35.7 Å². The minimum absolute atomic E-state index is 0.0586. The summed E-state index contributed by atoms with van der Waals surface area (Å²) in [5, 5.41) is 3.73. The Bertz CT molecular complexity index is 911. The Morgan fingerprint density at radius 1 is 1.21 bits per heavy atom. The van der Waals surface area contributed by atoms with Gasteiger partial charge in [-0.3, -0.25) is 0 Å². The summed E-state index contributed by atoms with van der Waals surface area (Å²) in [6.07, 6.45) is -4.02. The van der Waals surface area contributed by atoms with Gasteiger partial charge in [-0.15, -0.1) is 0 Å². The van der Waals surface area contributed by atoms with E-state index in [2.05, 4.69) is 10.1 Å². The number of hydrogen-bond donors (Lipinski definition) is 0. The molecule has 7 nitrogen and oxygen atoms in total. The van der Waals surface area contributed by atoms with Crippen LogP contribution in [0.4, 0.5) is 13.2 Å². The molecule has 0 atom stereocenters. The lowest BCUT2D eigenvalue weighted by Gasteiger charge is -2.32. The minimum Gasteiger partial charge on any atom is -0.462 e. The molecular formula is C18H21BF3N3O4. The lowest BCUT2D eigenvalue weighted by atomic mass is 9.84. The van der Waals surface area contributed by atoms with Crippen molar-refractivity contribution in [2.75, 3.05) is 6.61 Å². The first kappa shape index (κ1) is 21.3. The molecule has 1 aliphatic heterocycles. The quantitative estimate of drug-likeness (QED) is 0.569. The average molecular weight is 411 g/mol. The number of carbonyl (C=O) groups is 1. The molecule has 0 spiro atoms. The third kappa shape index (κ3) is 3.88. The zero-order valence-electron chi connectivity index (χ0n) is 16.7. The van der Waals surface area contributed by atoms with Crippen LogP contribution >= 0.6 is 0 Å². The highest BCUT2D eigenvalue weighted by atomic mass is 19.4. The molecule has 2 aromatic heterocycles. The molecule has 0 N–H and O–H groups in total. The molecule has 0 aromatic carbocycles. The highest BCUT2D eigenvalue weighted by Crippen LogP contribution is 2.37. The molecule has 3 heterocycles. The van der Waals surface area contributed by atoms with Crippen molar-refractivity contribution in [1.29, 1.82) is 0 Å². The van der Waals surface area contributed by atoms with Crippen LogP contribution in [0.15, 0.2) is 24.4 Å². The molecule has 11 heteroatoms. The Hall–Kier alpha value is -2.40. The Morgan fingerprint density at radius 3 is 2.38 bits per heavy atom. The number of rotatable bonds is 4. The molecule has 0 unspecified atom stereocenters. The minimum atomic E-state index is -4.85. The van der Waals surface area contributed by atoms with Crippen molar-refractivity contribution < 1.29 is 32.0 Å². The van der Waals surface area contributed by atoms with Crippen LogP contribution in [0.3, 0.4) is 0 Å². The molecular weight excluding hydrogens is 390 g/mol. The third-order valence-electron chi connectivity index (χ3n) is 5.00. The molecule has 1 fully saturated rings. The third-order valence-corrected chi connectivity index (χ3v) is 5.00. The molecule has 0 aliphatic carbocycles. The molecule has 0 radical (unpaired) electrons. The van der Waals surface area contributed by atoms with Crippen molar-refractivity contribution in [2.24, 2.45) is 0 Å². The highest BCUT2D eigenvalue weighted by molar-refractivity contribution is 6.61. The lowest BCUT2D eigenvalue weighted by molar-refractivity contribution is -0.143. The second kappa shape index (κ2) is 7.14. The van der Waals surface area contributed by atoms with Gasteiger partial charge in [-0.1, -0.05) is 6.07 Å². The molecule has 0 amide bonds. The van der Waals surface area contributed by atoms with Crippen molar-refractivity contribution in [1.82, 2.24) is 14.8 Å². The van der Waals surface area contributed by atoms with Gasteiger partial charge >= 0.3 is 19.3 Å². The van der Waals surface area contributed by atoms with Gasteiger partial charge in [0.15, 0.2) is 11.5 Å². The van der Waals surface area contributed by atoms with Crippen molar-refractivity contribution in [3.8, 4) is 5.82 Å². The van der Waals surface area contributed by atoms with Crippen LogP contribution in [0, 0.1) is 0 Å². The van der Waals surface area contributed by atoms with Crippen LogP contribution in [0.1, 0.15) is 50.7 Å². The summed E-state index contributed by atoms with van der Waals surface area (Å²) >= 11 is 0. The fourth-order valence-corrected chi connectivity index (χ4v) is 2.81. The summed E-state index contributed by atoms with van der Waals surface area (Å²) in [6.45, 7) is 8.88. The molecule has 156 valence electrons. The Labute approximate surface area is 166 Å². The van der Waals surface area contributed by atoms with Crippen molar-refractivity contribution in [3.63, 3.8) is 0 Å². The van der Waals surface area contributed by atoms with E-state index in [1.54, 1.807) is 6.07 Å². The summed E-state index contributed by atoms with van der Waals surface area (Å²) in [6, 6.07) is 4.47. The first-order chi connectivity index (χ1) is 13.4. The average Bonchev–Trinajstić information content (AvgIpc) is 3.14. The van der Waals surface area contributed by atoms with Crippen LogP contribution in [0.5, 0.6) is 0 Å². The second-order valence-electron chi connectivity index (χ2n) is 7.55. The van der Waals surface area contributed by atoms with E-state index >= 15 is 0 Å². The van der Waals surface area contributed by atoms with Crippen molar-refractivity contribution in [2.45, 2.75) is 52.0 Å². The standard InChI is InChI=1S/C18H21BF3N3O4/c1-6-27-15(26)11-10-23-25(14(11)18(20,21)22)13-9-7-8-12(24-13)19-28-16(2,3)17(4,5)29-19/h7-10H,6H2,1-5H3. The van der Waals surface area contributed by atoms with Gasteiger partial charge in [-0.05, 0) is 46.8 Å². The molecule has 1 aliphatic rings. The number of pyridine rings is 1. The Morgan fingerprint density at radius 2 is 1.83 bits per heavy atom. The van der Waals surface area contributed by atoms with Gasteiger partial charge in [0.1, 0.15) is 5.56 Å². The van der Waals surface area contributed by atoms with Crippen LogP contribution in [0.25, 0.3) is 5.82 Å². The summed E-state index contributed by atoms with van der Waals surface area (Å²) in [5.74, 6) is -1.23. The van der Waals surface area contributed by atoms with E-state index < -0.39 is 41.7 Å². The Balaban J connectivity index is 2.03. The van der Waals surface area contributed by atoms with Crippen LogP contribution in [-0.2, 0) is 20.2 Å². The number of esters is 1. The molecule has 1 saturated heterocycles. The number of alkyl halides is 3. The normalized spacial score (nSPS) is 18.1. The van der Waals surface area contributed by atoms with Crippen molar-refractivity contribution >= 4 is 18.7 Å². The predicted octanol–water partition coefficient (Wildman–Crippen LogP) is 2.76. The number of ether oxygens (including phenoxy) is 1. The van der Waals surface area contributed by atoms with Crippen LogP contribution in [-0.4, -0.2) is 45.7 Å². The second-order valence-corrected chi connectivity index (χ2v) is 7.55. The van der Waals surface area contributed by atoms with Gasteiger partial charge in [0.2, 0.25) is 0 Å². The maximum atomic E-state index is 13.7. The summed E-state index contributed by atoms with van der Waals surface area (Å²) < 4.78 is 58.2. The van der Waals surface area contributed by atoms with Gasteiger partial charge < -0.3 is 14.0 Å². The summed E-state index contributed by atoms with van der Waals surface area (Å²) in [5.41, 5.74) is -2.90. The largest absolute Gasteiger partial charge is 0.514 e. The summed E-state index contributed by atoms with van der Waals surface area (Å²) in [4.78, 5) is 16.2. The zero-order valence-corrected chi connectivity index (χ0v) is 16.7. The molecule has 0 saturated carbocycles. The SMILES string of the molecule is CCOC(=O)c1cnn(-c2cccc(B3OC(C)(C)C(C)(C)O3)n2)c1C(F)(F)F. The van der Waals surface area contributed by atoms with Crippen LogP contribution < -0.4 is 5.59 Å². The zero-order chi connectivity index (χ0) is 21.6. The maximum Gasteiger partial charge on any atom is 0.514 e. The smallest absolute Gasteiger partial charge is 0.462 e. The lowest BCUT2D eigenvalue weighted by Crippen LogP contribution is -2.41. The first-order valence-corrected chi connectivity index (χ1v) is 9.02. The van der Waals surface area contributed by atoms with E-state index in [9.17, 15) is 18.0 Å². The van der Waals surface area contributed by atoms with Gasteiger partial charge in [-0.2, -0.15) is 18.3 Å². The van der Waals surface area contributed by atoms with E-state index in [0.717, 1.165) is 6.20 Å². The molecule has 0 bridgehead atoms. The number of nitrogens with zero attached hydrogens (tertiary/aromatic N) is 3. The van der Waals surface area contributed by atoms with Gasteiger partial charge in [0.05, 0.1) is 29.6 Å². The summed E-state index contributed by atoms with van der Waals surface area (Å²) in [7, 11) is -0.852. The van der Waals surface area contributed by atoms with E-state index in [0.29, 0.717) is 10.3 Å². The topological polar surface area (TPSA) is 75.5 Å². The van der Waals surface area contributed by atoms with Gasteiger partial charge in [0.25, 0.3) is 0 Å². The number of hydrogen-bond acceptors (Lipinski definition) is 6. The van der Waals surface area contributed by atoms with Gasteiger partial charge in [-0.25, -0.2) is 14.5 Å². The molecule has 29 heavy (non-hydrogen) atoms. The number of halogens is 3. The highest BCUT2D eigenvalue weighted by Gasteiger charge is 2.52. The maximum absolute atomic E-state index is 13.7. The van der Waals surface area contributed by atoms with Gasteiger partial charge in [0, 0.05) is 0 Å². The monoisotopic (exact) mass is 411 g/mol. The molecule has 2 aromatic rings. The van der Waals surface area contributed by atoms with Crippen LogP contribution in [0.2, 0.25) is 0 Å². The fourth-order valence-electron chi connectivity index (χ4n) is 2.81. The van der Waals surface area contributed by atoms with E-state index in [-0.39, 0.29) is 12.4 Å². The fraction of sp³-hybridized carbons (Fsp3) is 0.500. The number of carbonyl (C=O) groups excluding carboxylic acids is 1. The number of aromatic nitrogens is 3. The molecule has 3 rings (SSSR count). The van der Waals surface area contributed by atoms with E-state index in [4.69, 9.17) is 14.0 Å². The first-order valence-electron chi connectivity index (χ1n) is 9.02. The van der Waals surface area contributed by atoms with E-state index in [1.165, 1.54) is 19.1 Å².